The van der Waals surface area contributed by atoms with Gasteiger partial charge in [-0.3, -0.25) is 4.79 Å². The summed E-state index contributed by atoms with van der Waals surface area (Å²) >= 11 is 0. The molecule has 3 rings (SSSR count). The molecule has 1 unspecified atom stereocenters. The molecule has 1 aliphatic heterocycles. The minimum atomic E-state index is -0.309. The molecule has 1 saturated carbocycles. The Morgan fingerprint density at radius 1 is 1.38 bits per heavy atom. The predicted octanol–water partition coefficient (Wildman–Crippen LogP) is 2.28. The van der Waals surface area contributed by atoms with E-state index in [1.54, 1.807) is 6.07 Å². The van der Waals surface area contributed by atoms with E-state index in [2.05, 4.69) is 5.32 Å². The normalized spacial score (nSPS) is 27.8. The Kier molecular flexibility index (Phi) is 4.10. The molecule has 21 heavy (non-hydrogen) atoms. The van der Waals surface area contributed by atoms with Crippen LogP contribution in [0.3, 0.4) is 0 Å². The molecule has 5 heteroatoms. The number of carbonyl (C=O) groups excluding carboxylic acids is 1. The molecule has 1 heterocycles. The molecule has 1 fully saturated rings. The van der Waals surface area contributed by atoms with E-state index in [1.807, 2.05) is 0 Å². The van der Waals surface area contributed by atoms with Gasteiger partial charge in [-0.25, -0.2) is 4.39 Å². The van der Waals surface area contributed by atoms with Crippen molar-refractivity contribution in [2.45, 2.75) is 44.2 Å². The van der Waals surface area contributed by atoms with Gasteiger partial charge in [-0.05, 0) is 37.0 Å². The number of rotatable bonds is 3. The molecular weight excluding hydrogens is 271 g/mol. The van der Waals surface area contributed by atoms with E-state index in [-0.39, 0.29) is 29.7 Å². The van der Waals surface area contributed by atoms with Crippen molar-refractivity contribution < 1.29 is 13.9 Å². The van der Waals surface area contributed by atoms with Crippen molar-refractivity contribution in [2.75, 3.05) is 6.61 Å². The Hall–Kier alpha value is -1.62. The van der Waals surface area contributed by atoms with Gasteiger partial charge in [0.1, 0.15) is 11.6 Å². The van der Waals surface area contributed by atoms with Crippen molar-refractivity contribution in [3.05, 3.63) is 29.6 Å². The van der Waals surface area contributed by atoms with Gasteiger partial charge in [-0.15, -0.1) is 0 Å². The van der Waals surface area contributed by atoms with Gasteiger partial charge < -0.3 is 15.8 Å². The molecule has 0 bridgehead atoms. The third kappa shape index (κ3) is 3.18. The topological polar surface area (TPSA) is 64.4 Å². The van der Waals surface area contributed by atoms with E-state index < -0.39 is 0 Å². The predicted molar refractivity (Wildman–Crippen MR) is 77.3 cm³/mol. The number of halogens is 1. The van der Waals surface area contributed by atoms with Crippen molar-refractivity contribution in [2.24, 2.45) is 11.7 Å². The SMILES string of the molecule is N[C@@H]1CCC[C@H]1CC(=O)NC1CCOc2ccc(F)cc21. The standard InChI is InChI=1S/C16H21FN2O2/c17-11-4-5-15-12(9-11)14(6-7-21-15)19-16(20)8-10-2-1-3-13(10)18/h4-5,9-10,13-14H,1-3,6-8,18H2,(H,19,20)/t10-,13+,14?/m0/s1. The lowest BCUT2D eigenvalue weighted by Gasteiger charge is -2.27. The number of amides is 1. The van der Waals surface area contributed by atoms with Crippen LogP contribution in [0.2, 0.25) is 0 Å². The third-order valence-corrected chi connectivity index (χ3v) is 4.51. The fourth-order valence-corrected chi connectivity index (χ4v) is 3.33. The van der Waals surface area contributed by atoms with Crippen molar-refractivity contribution in [3.8, 4) is 5.75 Å². The van der Waals surface area contributed by atoms with Gasteiger partial charge in [-0.2, -0.15) is 0 Å². The molecule has 0 radical (unpaired) electrons. The third-order valence-electron chi connectivity index (χ3n) is 4.51. The number of nitrogens with one attached hydrogen (secondary N) is 1. The Morgan fingerprint density at radius 2 is 2.24 bits per heavy atom. The lowest BCUT2D eigenvalue weighted by Crippen LogP contribution is -2.35. The van der Waals surface area contributed by atoms with Crippen LogP contribution < -0.4 is 15.8 Å². The van der Waals surface area contributed by atoms with Crippen LogP contribution in [-0.4, -0.2) is 18.6 Å². The molecule has 2 aliphatic rings. The van der Waals surface area contributed by atoms with E-state index >= 15 is 0 Å². The summed E-state index contributed by atoms with van der Waals surface area (Å²) in [6, 6.07) is 4.40. The minimum Gasteiger partial charge on any atom is -0.493 e. The summed E-state index contributed by atoms with van der Waals surface area (Å²) in [5.41, 5.74) is 6.73. The zero-order chi connectivity index (χ0) is 14.8. The van der Waals surface area contributed by atoms with Crippen LogP contribution >= 0.6 is 0 Å². The highest BCUT2D eigenvalue weighted by Crippen LogP contribution is 2.33. The zero-order valence-corrected chi connectivity index (χ0v) is 12.0. The van der Waals surface area contributed by atoms with E-state index in [1.165, 1.54) is 12.1 Å². The van der Waals surface area contributed by atoms with E-state index in [9.17, 15) is 9.18 Å². The number of nitrogens with two attached hydrogens (primary N) is 1. The maximum absolute atomic E-state index is 13.4. The summed E-state index contributed by atoms with van der Waals surface area (Å²) in [6.45, 7) is 0.534. The second-order valence-corrected chi connectivity index (χ2v) is 6.00. The Bertz CT molecular complexity index is 535. The van der Waals surface area contributed by atoms with Gasteiger partial charge in [0, 0.05) is 24.4 Å². The summed E-state index contributed by atoms with van der Waals surface area (Å²) in [4.78, 5) is 12.2. The number of benzene rings is 1. The number of carbonyl (C=O) groups is 1. The lowest BCUT2D eigenvalue weighted by molar-refractivity contribution is -0.123. The number of fused-ring (bicyclic) bond motifs is 1. The zero-order valence-electron chi connectivity index (χ0n) is 12.0. The van der Waals surface area contributed by atoms with Crippen molar-refractivity contribution in [1.29, 1.82) is 0 Å². The van der Waals surface area contributed by atoms with E-state index in [0.29, 0.717) is 25.2 Å². The maximum Gasteiger partial charge on any atom is 0.220 e. The molecule has 0 saturated heterocycles. The second-order valence-electron chi connectivity index (χ2n) is 6.00. The molecule has 1 aliphatic carbocycles. The van der Waals surface area contributed by atoms with Gasteiger partial charge in [0.2, 0.25) is 5.91 Å². The Morgan fingerprint density at radius 3 is 3.00 bits per heavy atom. The molecule has 0 spiro atoms. The van der Waals surface area contributed by atoms with Crippen LogP contribution in [0.15, 0.2) is 18.2 Å². The highest BCUT2D eigenvalue weighted by molar-refractivity contribution is 5.77. The molecule has 114 valence electrons. The summed E-state index contributed by atoms with van der Waals surface area (Å²) in [5.74, 6) is 0.623. The average Bonchev–Trinajstić information content (AvgIpc) is 2.85. The molecule has 3 N–H and O–H groups in total. The quantitative estimate of drug-likeness (QED) is 0.898. The molecule has 0 aromatic heterocycles. The number of hydrogen-bond donors (Lipinski definition) is 2. The van der Waals surface area contributed by atoms with Crippen molar-refractivity contribution in [1.82, 2.24) is 5.32 Å². The van der Waals surface area contributed by atoms with E-state index in [4.69, 9.17) is 10.5 Å². The Balaban J connectivity index is 1.66. The largest absolute Gasteiger partial charge is 0.493 e. The monoisotopic (exact) mass is 292 g/mol. The average molecular weight is 292 g/mol. The number of ether oxygens (including phenoxy) is 1. The maximum atomic E-state index is 13.4. The van der Waals surface area contributed by atoms with Gasteiger partial charge >= 0.3 is 0 Å². The van der Waals surface area contributed by atoms with Gasteiger partial charge in [0.05, 0.1) is 12.6 Å². The van der Waals surface area contributed by atoms with Crippen LogP contribution in [0.5, 0.6) is 5.75 Å². The summed E-state index contributed by atoms with van der Waals surface area (Å²) < 4.78 is 18.9. The van der Waals surface area contributed by atoms with Crippen LogP contribution in [0, 0.1) is 11.7 Å². The number of hydrogen-bond acceptors (Lipinski definition) is 3. The second kappa shape index (κ2) is 6.02. The van der Waals surface area contributed by atoms with Gasteiger partial charge in [-0.1, -0.05) is 6.42 Å². The van der Waals surface area contributed by atoms with E-state index in [0.717, 1.165) is 24.8 Å². The molecule has 4 nitrogen and oxygen atoms in total. The molecular formula is C16H21FN2O2. The fraction of sp³-hybridized carbons (Fsp3) is 0.562. The first-order valence-electron chi connectivity index (χ1n) is 7.60. The van der Waals surface area contributed by atoms with Gasteiger partial charge in [0.25, 0.3) is 0 Å². The molecule has 1 aromatic rings. The van der Waals surface area contributed by atoms with Crippen molar-refractivity contribution >= 4 is 5.91 Å². The molecule has 3 atom stereocenters. The summed E-state index contributed by atoms with van der Waals surface area (Å²) in [6.07, 6.45) is 4.25. The van der Waals surface area contributed by atoms with Crippen LogP contribution in [0.25, 0.3) is 0 Å². The summed E-state index contributed by atoms with van der Waals surface area (Å²) in [5, 5.41) is 3.01. The fourth-order valence-electron chi connectivity index (χ4n) is 3.33. The molecule has 1 aromatic carbocycles. The minimum absolute atomic E-state index is 0.000499. The first kappa shape index (κ1) is 14.3. The van der Waals surface area contributed by atoms with Crippen LogP contribution in [0.4, 0.5) is 4.39 Å². The smallest absolute Gasteiger partial charge is 0.220 e. The highest BCUT2D eigenvalue weighted by atomic mass is 19.1. The van der Waals surface area contributed by atoms with Crippen molar-refractivity contribution in [3.63, 3.8) is 0 Å². The first-order valence-corrected chi connectivity index (χ1v) is 7.60. The van der Waals surface area contributed by atoms with Crippen LogP contribution in [0.1, 0.15) is 43.7 Å². The van der Waals surface area contributed by atoms with Gasteiger partial charge in [0.15, 0.2) is 0 Å². The highest BCUT2D eigenvalue weighted by Gasteiger charge is 2.28. The Labute approximate surface area is 123 Å². The van der Waals surface area contributed by atoms with Crippen LogP contribution in [-0.2, 0) is 4.79 Å². The lowest BCUT2D eigenvalue weighted by atomic mass is 9.97. The first-order chi connectivity index (χ1) is 10.1. The molecule has 1 amide bonds. The summed E-state index contributed by atoms with van der Waals surface area (Å²) in [7, 11) is 0.